The van der Waals surface area contributed by atoms with Crippen LogP contribution in [0.15, 0.2) is 52.6 Å². The highest BCUT2D eigenvalue weighted by atomic mass is 32.1. The smallest absolute Gasteiger partial charge is 0.263 e. The van der Waals surface area contributed by atoms with Crippen LogP contribution in [0.25, 0.3) is 21.3 Å². The Morgan fingerprint density at radius 2 is 1.93 bits per heavy atom. The lowest BCUT2D eigenvalue weighted by Gasteiger charge is -2.11. The second-order valence-electron chi connectivity index (χ2n) is 7.01. The SMILES string of the molecule is Cc1ccc(-c2csc3nc(C)n(Cc4cccc(C#N)c4)c(=O)c23)c(C)c1. The molecular formula is C23H19N3OS. The highest BCUT2D eigenvalue weighted by Crippen LogP contribution is 2.33. The number of aryl methyl sites for hydroxylation is 3. The largest absolute Gasteiger partial charge is 0.292 e. The molecule has 138 valence electrons. The molecule has 0 amide bonds. The molecule has 0 aliphatic heterocycles. The van der Waals surface area contributed by atoms with Crippen molar-refractivity contribution in [2.75, 3.05) is 0 Å². The van der Waals surface area contributed by atoms with Crippen LogP contribution in [0, 0.1) is 32.1 Å². The van der Waals surface area contributed by atoms with Crippen molar-refractivity contribution >= 4 is 21.6 Å². The van der Waals surface area contributed by atoms with Gasteiger partial charge < -0.3 is 0 Å². The van der Waals surface area contributed by atoms with Gasteiger partial charge in [-0.25, -0.2) is 4.98 Å². The van der Waals surface area contributed by atoms with Gasteiger partial charge in [-0.3, -0.25) is 9.36 Å². The third-order valence-electron chi connectivity index (χ3n) is 4.95. The summed E-state index contributed by atoms with van der Waals surface area (Å²) < 4.78 is 1.69. The number of benzene rings is 2. The van der Waals surface area contributed by atoms with Gasteiger partial charge in [0.15, 0.2) is 0 Å². The number of rotatable bonds is 3. The Morgan fingerprint density at radius 3 is 2.68 bits per heavy atom. The summed E-state index contributed by atoms with van der Waals surface area (Å²) >= 11 is 1.50. The Bertz CT molecular complexity index is 1310. The van der Waals surface area contributed by atoms with Crippen LogP contribution in [0.3, 0.4) is 0 Å². The van der Waals surface area contributed by atoms with Crippen LogP contribution in [0.5, 0.6) is 0 Å². The Kier molecular flexibility index (Phi) is 4.58. The maximum absolute atomic E-state index is 13.4. The molecule has 0 aliphatic carbocycles. The quantitative estimate of drug-likeness (QED) is 0.500. The number of hydrogen-bond donors (Lipinski definition) is 0. The lowest BCUT2D eigenvalue weighted by atomic mass is 9.99. The maximum atomic E-state index is 13.4. The highest BCUT2D eigenvalue weighted by molar-refractivity contribution is 7.17. The van der Waals surface area contributed by atoms with Crippen molar-refractivity contribution in [1.82, 2.24) is 9.55 Å². The fourth-order valence-electron chi connectivity index (χ4n) is 3.55. The summed E-state index contributed by atoms with van der Waals surface area (Å²) in [5.74, 6) is 0.675. The predicted molar refractivity (Wildman–Crippen MR) is 114 cm³/mol. The van der Waals surface area contributed by atoms with Gasteiger partial charge in [0, 0.05) is 10.9 Å². The van der Waals surface area contributed by atoms with E-state index < -0.39 is 0 Å². The minimum absolute atomic E-state index is 0.0407. The highest BCUT2D eigenvalue weighted by Gasteiger charge is 2.17. The van der Waals surface area contributed by atoms with Gasteiger partial charge in [0.2, 0.25) is 0 Å². The van der Waals surface area contributed by atoms with E-state index in [2.05, 4.69) is 43.1 Å². The van der Waals surface area contributed by atoms with Crippen LogP contribution in [0.1, 0.15) is 28.1 Å². The molecule has 0 radical (unpaired) electrons. The van der Waals surface area contributed by atoms with Crippen molar-refractivity contribution < 1.29 is 0 Å². The molecule has 4 aromatic rings. The zero-order valence-corrected chi connectivity index (χ0v) is 16.8. The number of nitrogens with zero attached hydrogens (tertiary/aromatic N) is 3. The van der Waals surface area contributed by atoms with E-state index in [1.54, 1.807) is 10.6 Å². The fraction of sp³-hybridized carbons (Fsp3) is 0.174. The molecular weight excluding hydrogens is 366 g/mol. The summed E-state index contributed by atoms with van der Waals surface area (Å²) in [6.07, 6.45) is 0. The molecule has 0 fully saturated rings. The van der Waals surface area contributed by atoms with E-state index in [0.29, 0.717) is 23.3 Å². The van der Waals surface area contributed by atoms with Crippen molar-refractivity contribution in [3.63, 3.8) is 0 Å². The molecule has 2 aromatic heterocycles. The summed E-state index contributed by atoms with van der Waals surface area (Å²) in [6, 6.07) is 15.8. The van der Waals surface area contributed by atoms with Crippen molar-refractivity contribution in [2.24, 2.45) is 0 Å². The molecule has 2 aromatic carbocycles. The topological polar surface area (TPSA) is 58.7 Å². The van der Waals surface area contributed by atoms with Crippen LogP contribution in [0.4, 0.5) is 0 Å². The molecule has 0 saturated heterocycles. The van der Waals surface area contributed by atoms with Gasteiger partial charge in [-0.2, -0.15) is 5.26 Å². The summed E-state index contributed by atoms with van der Waals surface area (Å²) in [5.41, 5.74) is 5.81. The zero-order valence-electron chi connectivity index (χ0n) is 16.0. The molecule has 2 heterocycles. The van der Waals surface area contributed by atoms with Crippen LogP contribution >= 0.6 is 11.3 Å². The Balaban J connectivity index is 1.89. The minimum atomic E-state index is -0.0407. The number of nitriles is 1. The molecule has 28 heavy (non-hydrogen) atoms. The first kappa shape index (κ1) is 18.1. The second kappa shape index (κ2) is 7.06. The van der Waals surface area contributed by atoms with E-state index in [4.69, 9.17) is 5.26 Å². The first-order chi connectivity index (χ1) is 13.5. The lowest BCUT2D eigenvalue weighted by molar-refractivity contribution is 0.714. The van der Waals surface area contributed by atoms with Gasteiger partial charge in [0.1, 0.15) is 10.7 Å². The Morgan fingerprint density at radius 1 is 1.11 bits per heavy atom. The number of fused-ring (bicyclic) bond motifs is 1. The van der Waals surface area contributed by atoms with E-state index in [0.717, 1.165) is 27.1 Å². The molecule has 0 unspecified atom stereocenters. The molecule has 0 N–H and O–H groups in total. The van der Waals surface area contributed by atoms with Crippen LogP contribution < -0.4 is 5.56 Å². The first-order valence-electron chi connectivity index (χ1n) is 9.03. The Hall–Kier alpha value is -3.23. The standard InChI is InChI=1S/C23H19N3OS/c1-14-7-8-19(15(2)9-14)20-13-28-22-21(20)23(27)26(16(3)25-22)12-18-6-4-5-17(10-18)11-24/h4-10,13H,12H2,1-3H3. The van der Waals surface area contributed by atoms with Gasteiger partial charge in [-0.05, 0) is 49.6 Å². The molecule has 0 aliphatic rings. The van der Waals surface area contributed by atoms with Crippen molar-refractivity contribution in [2.45, 2.75) is 27.3 Å². The van der Waals surface area contributed by atoms with Gasteiger partial charge in [0.25, 0.3) is 5.56 Å². The fourth-order valence-corrected chi connectivity index (χ4v) is 4.52. The molecule has 0 atom stereocenters. The second-order valence-corrected chi connectivity index (χ2v) is 7.87. The maximum Gasteiger partial charge on any atom is 0.263 e. The van der Waals surface area contributed by atoms with E-state index in [-0.39, 0.29) is 5.56 Å². The molecule has 5 heteroatoms. The first-order valence-corrected chi connectivity index (χ1v) is 9.91. The average Bonchev–Trinajstić information content (AvgIpc) is 3.09. The van der Waals surface area contributed by atoms with Crippen LogP contribution in [-0.4, -0.2) is 9.55 Å². The summed E-state index contributed by atoms with van der Waals surface area (Å²) in [5, 5.41) is 11.8. The third-order valence-corrected chi connectivity index (χ3v) is 5.83. The van der Waals surface area contributed by atoms with Crippen molar-refractivity contribution in [3.05, 3.63) is 86.3 Å². The average molecular weight is 385 g/mol. The minimum Gasteiger partial charge on any atom is -0.292 e. The molecule has 0 bridgehead atoms. The predicted octanol–water partition coefficient (Wildman–Crippen LogP) is 4.97. The summed E-state index contributed by atoms with van der Waals surface area (Å²) in [7, 11) is 0. The van der Waals surface area contributed by atoms with Crippen LogP contribution in [0.2, 0.25) is 0 Å². The number of thiophene rings is 1. The number of hydrogen-bond acceptors (Lipinski definition) is 4. The molecule has 4 nitrogen and oxygen atoms in total. The van der Waals surface area contributed by atoms with Gasteiger partial charge in [-0.15, -0.1) is 11.3 Å². The van der Waals surface area contributed by atoms with E-state index in [1.165, 1.54) is 16.9 Å². The van der Waals surface area contributed by atoms with Gasteiger partial charge in [0.05, 0.1) is 23.6 Å². The Labute approximate surface area is 167 Å². The van der Waals surface area contributed by atoms with Crippen LogP contribution in [-0.2, 0) is 6.54 Å². The molecule has 4 rings (SSSR count). The zero-order chi connectivity index (χ0) is 19.8. The monoisotopic (exact) mass is 385 g/mol. The summed E-state index contributed by atoms with van der Waals surface area (Å²) in [6.45, 7) is 6.38. The normalized spacial score (nSPS) is 10.9. The van der Waals surface area contributed by atoms with E-state index >= 15 is 0 Å². The third kappa shape index (κ3) is 3.12. The lowest BCUT2D eigenvalue weighted by Crippen LogP contribution is -2.24. The molecule has 0 spiro atoms. The van der Waals surface area contributed by atoms with Crippen molar-refractivity contribution in [1.29, 1.82) is 5.26 Å². The van der Waals surface area contributed by atoms with Gasteiger partial charge >= 0.3 is 0 Å². The number of aromatic nitrogens is 2. The summed E-state index contributed by atoms with van der Waals surface area (Å²) in [4.78, 5) is 18.9. The molecule has 0 saturated carbocycles. The van der Waals surface area contributed by atoms with Gasteiger partial charge in [-0.1, -0.05) is 35.9 Å². The van der Waals surface area contributed by atoms with Crippen molar-refractivity contribution in [3.8, 4) is 17.2 Å². The van der Waals surface area contributed by atoms with E-state index in [1.807, 2.05) is 30.5 Å². The van der Waals surface area contributed by atoms with E-state index in [9.17, 15) is 4.79 Å².